The molecule has 2 aromatic rings. The minimum absolute atomic E-state index is 0.0830. The van der Waals surface area contributed by atoms with Crippen LogP contribution in [0.25, 0.3) is 0 Å². The van der Waals surface area contributed by atoms with Gasteiger partial charge >= 0.3 is 0 Å². The Labute approximate surface area is 182 Å². The van der Waals surface area contributed by atoms with Crippen LogP contribution in [0.15, 0.2) is 47.6 Å². The second-order valence-corrected chi connectivity index (χ2v) is 10.8. The number of carbonyl (C=O) groups is 2. The number of thioether (sulfide) groups is 1. The van der Waals surface area contributed by atoms with E-state index in [2.05, 4.69) is 43.3 Å². The van der Waals surface area contributed by atoms with Gasteiger partial charge in [-0.1, -0.05) is 39.8 Å². The Bertz CT molecular complexity index is 872. The molecule has 1 heterocycles. The summed E-state index contributed by atoms with van der Waals surface area (Å²) >= 11 is 1.64. The standard InChI is InChI=1S/C24H29N3O2S/c1-23(2)11-18(23)21(28)26-16-7-5-15(6-8-16)14-30-20-10-9-17(13-25-20)27-22(29)19-12-24(19,3)4/h5-10,13,18-19H,11-12,14H2,1-4H3,(H,26,28)(H,27,29). The monoisotopic (exact) mass is 423 g/mol. The summed E-state index contributed by atoms with van der Waals surface area (Å²) in [5.41, 5.74) is 3.01. The first-order valence-corrected chi connectivity index (χ1v) is 11.4. The van der Waals surface area contributed by atoms with Crippen molar-refractivity contribution in [3.8, 4) is 0 Å². The summed E-state index contributed by atoms with van der Waals surface area (Å²) in [5, 5.41) is 6.87. The number of anilines is 2. The number of hydrogen-bond donors (Lipinski definition) is 2. The molecule has 0 saturated heterocycles. The number of aromatic nitrogens is 1. The lowest BCUT2D eigenvalue weighted by Gasteiger charge is -2.08. The zero-order valence-electron chi connectivity index (χ0n) is 18.0. The predicted octanol–water partition coefficient (Wildman–Crippen LogP) is 5.34. The molecule has 0 bridgehead atoms. The van der Waals surface area contributed by atoms with Crippen LogP contribution in [0, 0.1) is 22.7 Å². The highest BCUT2D eigenvalue weighted by atomic mass is 32.2. The Morgan fingerprint density at radius 2 is 1.40 bits per heavy atom. The fourth-order valence-electron chi connectivity index (χ4n) is 3.67. The molecule has 1 aromatic carbocycles. The zero-order chi connectivity index (χ0) is 21.5. The van der Waals surface area contributed by atoms with Crippen LogP contribution < -0.4 is 10.6 Å². The van der Waals surface area contributed by atoms with Crippen molar-refractivity contribution in [2.45, 2.75) is 51.3 Å². The number of carbonyl (C=O) groups excluding carboxylic acids is 2. The zero-order valence-corrected chi connectivity index (χ0v) is 18.8. The molecule has 2 unspecified atom stereocenters. The molecule has 2 aliphatic carbocycles. The second kappa shape index (κ2) is 7.73. The quantitative estimate of drug-likeness (QED) is 0.590. The molecule has 0 aliphatic heterocycles. The number of rotatable bonds is 7. The smallest absolute Gasteiger partial charge is 0.228 e. The molecule has 2 aliphatic rings. The molecule has 4 rings (SSSR count). The average Bonchev–Trinajstić information content (AvgIpc) is 3.55. The summed E-state index contributed by atoms with van der Waals surface area (Å²) in [4.78, 5) is 28.8. The summed E-state index contributed by atoms with van der Waals surface area (Å²) in [5.74, 6) is 1.22. The molecule has 30 heavy (non-hydrogen) atoms. The average molecular weight is 424 g/mol. The van der Waals surface area contributed by atoms with Gasteiger partial charge in [0.25, 0.3) is 0 Å². The molecule has 0 spiro atoms. The molecule has 6 heteroatoms. The van der Waals surface area contributed by atoms with Crippen molar-refractivity contribution in [3.63, 3.8) is 0 Å². The summed E-state index contributed by atoms with van der Waals surface area (Å²) < 4.78 is 0. The van der Waals surface area contributed by atoms with Crippen LogP contribution in [0.1, 0.15) is 46.1 Å². The van der Waals surface area contributed by atoms with Crippen LogP contribution in [-0.4, -0.2) is 16.8 Å². The van der Waals surface area contributed by atoms with Crippen LogP contribution in [-0.2, 0) is 15.3 Å². The van der Waals surface area contributed by atoms with E-state index in [1.165, 1.54) is 5.56 Å². The van der Waals surface area contributed by atoms with E-state index < -0.39 is 0 Å². The van der Waals surface area contributed by atoms with Crippen molar-refractivity contribution in [1.29, 1.82) is 0 Å². The first-order valence-electron chi connectivity index (χ1n) is 10.4. The van der Waals surface area contributed by atoms with Gasteiger partial charge in [-0.15, -0.1) is 11.8 Å². The summed E-state index contributed by atoms with van der Waals surface area (Å²) in [6.07, 6.45) is 3.62. The third-order valence-electron chi connectivity index (χ3n) is 6.27. The van der Waals surface area contributed by atoms with Crippen LogP contribution in [0.2, 0.25) is 0 Å². The molecule has 1 aromatic heterocycles. The minimum atomic E-state index is 0.0830. The topological polar surface area (TPSA) is 71.1 Å². The fourth-order valence-corrected chi connectivity index (χ4v) is 4.47. The van der Waals surface area contributed by atoms with Crippen LogP contribution >= 0.6 is 11.8 Å². The van der Waals surface area contributed by atoms with Gasteiger partial charge in [0.2, 0.25) is 11.8 Å². The maximum atomic E-state index is 12.2. The Hall–Kier alpha value is -2.34. The third kappa shape index (κ3) is 4.86. The van der Waals surface area contributed by atoms with Gasteiger partial charge in [-0.25, -0.2) is 4.98 Å². The Balaban J connectivity index is 1.24. The van der Waals surface area contributed by atoms with Crippen molar-refractivity contribution >= 4 is 35.0 Å². The summed E-state index contributed by atoms with van der Waals surface area (Å²) in [6, 6.07) is 11.8. The van der Waals surface area contributed by atoms with Gasteiger partial charge in [0.05, 0.1) is 16.9 Å². The molecule has 2 fully saturated rings. The van der Waals surface area contributed by atoms with Gasteiger partial charge in [0.15, 0.2) is 0 Å². The summed E-state index contributed by atoms with van der Waals surface area (Å²) in [6.45, 7) is 8.48. The number of benzene rings is 1. The van der Waals surface area contributed by atoms with E-state index in [0.29, 0.717) is 0 Å². The van der Waals surface area contributed by atoms with Gasteiger partial charge in [0.1, 0.15) is 0 Å². The number of nitrogens with one attached hydrogen (secondary N) is 2. The Kier molecular flexibility index (Phi) is 5.39. The molecule has 158 valence electrons. The van der Waals surface area contributed by atoms with Gasteiger partial charge < -0.3 is 10.6 Å². The van der Waals surface area contributed by atoms with Crippen LogP contribution in [0.4, 0.5) is 11.4 Å². The normalized spacial score (nSPS) is 22.8. The number of pyridine rings is 1. The first-order chi connectivity index (χ1) is 14.1. The van der Waals surface area contributed by atoms with Crippen LogP contribution in [0.5, 0.6) is 0 Å². The molecule has 0 radical (unpaired) electrons. The molecular weight excluding hydrogens is 394 g/mol. The highest BCUT2D eigenvalue weighted by Crippen LogP contribution is 2.52. The maximum Gasteiger partial charge on any atom is 0.228 e. The Morgan fingerprint density at radius 1 is 0.900 bits per heavy atom. The van der Waals surface area contributed by atoms with Crippen molar-refractivity contribution in [3.05, 3.63) is 48.2 Å². The number of amides is 2. The lowest BCUT2D eigenvalue weighted by molar-refractivity contribution is -0.118. The highest BCUT2D eigenvalue weighted by molar-refractivity contribution is 7.98. The van der Waals surface area contributed by atoms with Gasteiger partial charge in [-0.2, -0.15) is 0 Å². The number of nitrogens with zero attached hydrogens (tertiary/aromatic N) is 1. The SMILES string of the molecule is CC1(C)CC1C(=O)Nc1ccc(CSc2ccc(NC(=O)C3CC3(C)C)cn2)cc1. The van der Waals surface area contributed by atoms with E-state index in [9.17, 15) is 9.59 Å². The van der Waals surface area contributed by atoms with Gasteiger partial charge in [0, 0.05) is 23.3 Å². The van der Waals surface area contributed by atoms with E-state index >= 15 is 0 Å². The van der Waals surface area contributed by atoms with Crippen molar-refractivity contribution in [1.82, 2.24) is 4.98 Å². The molecule has 2 atom stereocenters. The first kappa shape index (κ1) is 20.9. The predicted molar refractivity (Wildman–Crippen MR) is 121 cm³/mol. The molecular formula is C24H29N3O2S. The van der Waals surface area contributed by atoms with E-state index in [-0.39, 0.29) is 34.5 Å². The van der Waals surface area contributed by atoms with Gasteiger partial charge in [-0.3, -0.25) is 9.59 Å². The summed E-state index contributed by atoms with van der Waals surface area (Å²) in [7, 11) is 0. The third-order valence-corrected chi connectivity index (χ3v) is 7.29. The van der Waals surface area contributed by atoms with E-state index in [1.54, 1.807) is 18.0 Å². The molecule has 5 nitrogen and oxygen atoms in total. The van der Waals surface area contributed by atoms with Gasteiger partial charge in [-0.05, 0) is 53.5 Å². The lowest BCUT2D eigenvalue weighted by atomic mass is 10.1. The van der Waals surface area contributed by atoms with E-state index in [0.717, 1.165) is 35.0 Å². The molecule has 2 amide bonds. The Morgan fingerprint density at radius 3 is 1.87 bits per heavy atom. The fraction of sp³-hybridized carbons (Fsp3) is 0.458. The van der Waals surface area contributed by atoms with E-state index in [4.69, 9.17) is 0 Å². The van der Waals surface area contributed by atoms with Crippen molar-refractivity contribution in [2.24, 2.45) is 22.7 Å². The second-order valence-electron chi connectivity index (χ2n) is 9.84. The maximum absolute atomic E-state index is 12.2. The van der Waals surface area contributed by atoms with Crippen LogP contribution in [0.3, 0.4) is 0 Å². The lowest BCUT2D eigenvalue weighted by Crippen LogP contribution is -2.16. The largest absolute Gasteiger partial charge is 0.326 e. The molecule has 2 N–H and O–H groups in total. The molecule has 2 saturated carbocycles. The highest BCUT2D eigenvalue weighted by Gasteiger charge is 2.51. The number of hydrogen-bond acceptors (Lipinski definition) is 4. The van der Waals surface area contributed by atoms with E-state index in [1.807, 2.05) is 36.4 Å². The minimum Gasteiger partial charge on any atom is -0.326 e. The van der Waals surface area contributed by atoms with Crippen molar-refractivity contribution < 1.29 is 9.59 Å². The van der Waals surface area contributed by atoms with Crippen molar-refractivity contribution in [2.75, 3.05) is 10.6 Å².